The van der Waals surface area contributed by atoms with Gasteiger partial charge in [-0.3, -0.25) is 4.79 Å². The summed E-state index contributed by atoms with van der Waals surface area (Å²) in [7, 11) is 0. The molecule has 2 heterocycles. The van der Waals surface area contributed by atoms with Crippen LogP contribution < -0.4 is 0 Å². The van der Waals surface area contributed by atoms with Crippen LogP contribution in [0.2, 0.25) is 0 Å². The first-order chi connectivity index (χ1) is 21.2. The highest BCUT2D eigenvalue weighted by Crippen LogP contribution is 2.73. The number of fused-ring (bicyclic) bond motifs is 3. The van der Waals surface area contributed by atoms with Crippen LogP contribution in [0.4, 0.5) is 0 Å². The molecule has 4 saturated carbocycles. The lowest BCUT2D eigenvalue weighted by Gasteiger charge is -2.64. The van der Waals surface area contributed by atoms with E-state index in [1.807, 2.05) is 6.92 Å². The number of hydrogen-bond acceptors (Lipinski definition) is 13. The molecule has 2 saturated heterocycles. The van der Waals surface area contributed by atoms with Crippen molar-refractivity contribution in [1.29, 1.82) is 0 Å². The van der Waals surface area contributed by atoms with Crippen LogP contribution >= 0.6 is 0 Å². The number of esters is 1. The molecule has 0 aromatic rings. The molecule has 6 rings (SSSR count). The first kappa shape index (κ1) is 33.7. The quantitative estimate of drug-likeness (QED) is 0.130. The summed E-state index contributed by atoms with van der Waals surface area (Å²) in [4.78, 5) is 14.0. The summed E-state index contributed by atoms with van der Waals surface area (Å²) >= 11 is 0. The topological polar surface area (TPSA) is 216 Å². The molecule has 256 valence electrons. The van der Waals surface area contributed by atoms with E-state index in [-0.39, 0.29) is 28.6 Å². The molecule has 6 aliphatic rings. The van der Waals surface area contributed by atoms with Gasteiger partial charge in [0.2, 0.25) is 6.29 Å². The van der Waals surface area contributed by atoms with Gasteiger partial charge < -0.3 is 59.8 Å². The molecule has 6 fully saturated rings. The highest BCUT2D eigenvalue weighted by Gasteiger charge is 2.69. The van der Waals surface area contributed by atoms with Crippen molar-refractivity contribution in [3.63, 3.8) is 0 Å². The lowest BCUT2D eigenvalue weighted by molar-refractivity contribution is -0.321. The normalized spacial score (nSPS) is 54.7. The number of hydrogen-bond donors (Lipinski definition) is 8. The predicted octanol–water partition coefficient (Wildman–Crippen LogP) is -0.906. The summed E-state index contributed by atoms with van der Waals surface area (Å²) in [5, 5.41) is 81.7. The fourth-order valence-corrected chi connectivity index (χ4v) is 10.5. The Morgan fingerprint density at radius 3 is 2.02 bits per heavy atom. The third-order valence-electron chi connectivity index (χ3n) is 12.8. The monoisotopic (exact) mass is 642 g/mol. The molecular weight excluding hydrogens is 592 g/mol. The second kappa shape index (κ2) is 12.0. The Kier molecular flexibility index (Phi) is 9.00. The van der Waals surface area contributed by atoms with E-state index in [0.29, 0.717) is 19.3 Å². The average Bonchev–Trinajstić information content (AvgIpc) is 3.20. The van der Waals surface area contributed by atoms with E-state index < -0.39 is 92.1 Å². The van der Waals surface area contributed by atoms with Crippen molar-refractivity contribution in [3.8, 4) is 0 Å². The molecule has 0 amide bonds. The van der Waals surface area contributed by atoms with Crippen LogP contribution in [0.5, 0.6) is 0 Å². The van der Waals surface area contributed by atoms with Crippen LogP contribution in [0, 0.1) is 34.0 Å². The van der Waals surface area contributed by atoms with Gasteiger partial charge >= 0.3 is 5.97 Å². The van der Waals surface area contributed by atoms with Crippen molar-refractivity contribution in [3.05, 3.63) is 12.2 Å². The molecule has 8 N–H and O–H groups in total. The zero-order valence-corrected chi connectivity index (χ0v) is 26.0. The molecule has 13 nitrogen and oxygen atoms in total. The van der Waals surface area contributed by atoms with E-state index in [4.69, 9.17) is 18.9 Å². The number of ether oxygens (including phenoxy) is 4. The first-order valence-corrected chi connectivity index (χ1v) is 16.4. The molecule has 4 aliphatic carbocycles. The minimum absolute atomic E-state index is 0.0925. The predicted molar refractivity (Wildman–Crippen MR) is 154 cm³/mol. The van der Waals surface area contributed by atoms with Gasteiger partial charge in [0.15, 0.2) is 6.29 Å². The van der Waals surface area contributed by atoms with Crippen molar-refractivity contribution in [2.24, 2.45) is 34.0 Å². The van der Waals surface area contributed by atoms with Gasteiger partial charge in [-0.15, -0.1) is 0 Å². The number of carbonyl (C=O) groups is 1. The Bertz CT molecular complexity index is 1130. The largest absolute Gasteiger partial charge is 0.432 e. The Morgan fingerprint density at radius 1 is 0.800 bits per heavy atom. The maximum absolute atomic E-state index is 14.0. The van der Waals surface area contributed by atoms with Crippen molar-refractivity contribution in [2.75, 3.05) is 13.2 Å². The Hall–Kier alpha value is -1.23. The average molecular weight is 643 g/mol. The summed E-state index contributed by atoms with van der Waals surface area (Å²) in [5.41, 5.74) is -0.694. The number of carbonyl (C=O) groups excluding carboxylic acids is 1. The Labute approximate surface area is 262 Å². The Balaban J connectivity index is 1.25. The van der Waals surface area contributed by atoms with E-state index in [0.717, 1.165) is 37.7 Å². The van der Waals surface area contributed by atoms with E-state index in [2.05, 4.69) is 13.5 Å². The second-order valence-electron chi connectivity index (χ2n) is 15.0. The minimum Gasteiger partial charge on any atom is -0.432 e. The second-order valence-corrected chi connectivity index (χ2v) is 15.0. The van der Waals surface area contributed by atoms with Crippen molar-refractivity contribution in [2.45, 2.75) is 133 Å². The van der Waals surface area contributed by atoms with E-state index in [1.54, 1.807) is 0 Å². The summed E-state index contributed by atoms with van der Waals surface area (Å²) in [6.45, 7) is 7.36. The summed E-state index contributed by atoms with van der Waals surface area (Å²) in [6.07, 6.45) is -8.85. The Morgan fingerprint density at radius 2 is 1.40 bits per heavy atom. The molecule has 2 aliphatic heterocycles. The molecule has 13 heteroatoms. The zero-order chi connectivity index (χ0) is 32.6. The van der Waals surface area contributed by atoms with Gasteiger partial charge in [0.05, 0.1) is 24.7 Å². The fourth-order valence-electron chi connectivity index (χ4n) is 10.5. The molecule has 0 unspecified atom stereocenters. The molecule has 0 aromatic heterocycles. The lowest BCUT2D eigenvalue weighted by atomic mass is 9.40. The first-order valence-electron chi connectivity index (χ1n) is 16.4. The van der Waals surface area contributed by atoms with Gasteiger partial charge in [0.25, 0.3) is 0 Å². The lowest BCUT2D eigenvalue weighted by Crippen LogP contribution is -2.63. The number of aliphatic hydroxyl groups excluding tert-OH is 8. The fraction of sp³-hybridized carbons (Fsp3) is 0.906. The molecule has 45 heavy (non-hydrogen) atoms. The van der Waals surface area contributed by atoms with Crippen LogP contribution in [-0.4, -0.2) is 128 Å². The van der Waals surface area contributed by atoms with E-state index in [1.165, 1.54) is 0 Å². The van der Waals surface area contributed by atoms with Crippen LogP contribution in [0.1, 0.15) is 65.2 Å². The van der Waals surface area contributed by atoms with Gasteiger partial charge in [-0.25, -0.2) is 0 Å². The summed E-state index contributed by atoms with van der Waals surface area (Å²) in [5.74, 6) is -0.321. The van der Waals surface area contributed by atoms with Gasteiger partial charge in [-0.05, 0) is 80.6 Å². The van der Waals surface area contributed by atoms with E-state index >= 15 is 0 Å². The van der Waals surface area contributed by atoms with E-state index in [9.17, 15) is 45.6 Å². The molecule has 1 spiro atoms. The highest BCUT2D eigenvalue weighted by molar-refractivity contribution is 5.77. The molecular formula is C32H50O13. The molecule has 0 radical (unpaired) electrons. The minimum atomic E-state index is -1.68. The number of aliphatic hydroxyl groups is 8. The third kappa shape index (κ3) is 5.04. The smallest absolute Gasteiger partial charge is 0.314 e. The van der Waals surface area contributed by atoms with Crippen molar-refractivity contribution >= 4 is 5.97 Å². The zero-order valence-electron chi connectivity index (χ0n) is 26.0. The maximum Gasteiger partial charge on any atom is 0.314 e. The summed E-state index contributed by atoms with van der Waals surface area (Å²) < 4.78 is 23.5. The van der Waals surface area contributed by atoms with Gasteiger partial charge in [-0.2, -0.15) is 0 Å². The molecule has 2 bridgehead atoms. The van der Waals surface area contributed by atoms with Crippen LogP contribution in [0.15, 0.2) is 12.2 Å². The maximum atomic E-state index is 14.0. The third-order valence-corrected chi connectivity index (χ3v) is 12.8. The van der Waals surface area contributed by atoms with Crippen LogP contribution in [0.3, 0.4) is 0 Å². The van der Waals surface area contributed by atoms with Crippen molar-refractivity contribution in [1.82, 2.24) is 0 Å². The number of rotatable bonds is 6. The van der Waals surface area contributed by atoms with Gasteiger partial charge in [-0.1, -0.05) is 19.9 Å². The van der Waals surface area contributed by atoms with Gasteiger partial charge in [0.1, 0.15) is 48.8 Å². The standard InChI is InChI=1S/C32H50O13/c1-14-15-5-6-19-30(2)8-4-9-31(3,29(41)45-28-25(40)23(38)21(36)17(13-34)43-28)18(30)7-10-32(19,11-15)26(14)44-27-24(39)22(37)20(35)16(12-33)42-27/h15-28,33-40H,1,4-13H2,2-3H3/t15-,16+,17+,18+,19+,20+,21+,22-,23-,24+,25+,26-,27-,28-,30-,31-,32-/m1/s1. The molecule has 0 aromatic carbocycles. The highest BCUT2D eigenvalue weighted by atomic mass is 16.7. The van der Waals surface area contributed by atoms with Crippen LogP contribution in [-0.2, 0) is 23.7 Å². The summed E-state index contributed by atoms with van der Waals surface area (Å²) in [6, 6.07) is 0. The van der Waals surface area contributed by atoms with Crippen molar-refractivity contribution < 1.29 is 64.6 Å². The molecule has 17 atom stereocenters. The van der Waals surface area contributed by atoms with Gasteiger partial charge in [0, 0.05) is 5.41 Å². The van der Waals surface area contributed by atoms with Crippen LogP contribution in [0.25, 0.3) is 0 Å². The SMILES string of the molecule is C=C1[C@@H]2CC[C@H]3[C@]4(C)CCC[C@@](C)(C(=O)O[C@H]5O[C@@H](CO)[C@H](O)[C@@H](O)[C@@H]5O)[C@H]4CC[C@]3(C2)[C@@H]1O[C@H]1O[C@@H](CO)[C@H](O)[C@@H](O)[C@@H]1O.